The summed E-state index contributed by atoms with van der Waals surface area (Å²) in [4.78, 5) is 24.8. The molecule has 1 unspecified atom stereocenters. The van der Waals surface area contributed by atoms with Gasteiger partial charge >= 0.3 is 11.9 Å². The first-order valence-electron chi connectivity index (χ1n) is 11.1. The fraction of sp³-hybridized carbons (Fsp3) is 0.826. The van der Waals surface area contributed by atoms with Crippen LogP contribution in [0.1, 0.15) is 72.1 Å². The minimum Gasteiger partial charge on any atom is -0.459 e. The lowest BCUT2D eigenvalue weighted by Gasteiger charge is -2.53. The zero-order valence-corrected chi connectivity index (χ0v) is 17.5. The van der Waals surface area contributed by atoms with E-state index in [4.69, 9.17) is 14.2 Å². The summed E-state index contributed by atoms with van der Waals surface area (Å²) in [7, 11) is 0. The van der Waals surface area contributed by atoms with Crippen LogP contribution >= 0.6 is 0 Å². The van der Waals surface area contributed by atoms with Crippen molar-refractivity contribution in [1.29, 1.82) is 0 Å². The molecule has 2 aliphatic heterocycles. The molecule has 1 spiro atoms. The van der Waals surface area contributed by atoms with Crippen LogP contribution in [0.25, 0.3) is 0 Å². The topological polar surface area (TPSA) is 65.1 Å². The molecule has 4 rings (SSSR count). The molecule has 2 aliphatic carbocycles. The van der Waals surface area contributed by atoms with Gasteiger partial charge in [0.05, 0.1) is 12.5 Å². The molecule has 28 heavy (non-hydrogen) atoms. The van der Waals surface area contributed by atoms with Gasteiger partial charge in [-0.2, -0.15) is 0 Å². The van der Waals surface area contributed by atoms with E-state index in [9.17, 15) is 9.59 Å². The van der Waals surface area contributed by atoms with Gasteiger partial charge in [-0.25, -0.2) is 4.79 Å². The molecular formula is C23H34O5. The SMILES string of the molecule is C=C1C(=O)O[C@@H]2C[C@@]3(C)CC[C@@H](OC(=O)C(CC)CCCC)[C@]4(CO4)[C@@H]3C[C@H]12. The summed E-state index contributed by atoms with van der Waals surface area (Å²) in [6.45, 7) is 11.1. The Morgan fingerprint density at radius 1 is 1.39 bits per heavy atom. The van der Waals surface area contributed by atoms with E-state index in [-0.39, 0.29) is 52.9 Å². The van der Waals surface area contributed by atoms with Gasteiger partial charge in [-0.05, 0) is 43.9 Å². The lowest BCUT2D eigenvalue weighted by atomic mass is 9.53. The van der Waals surface area contributed by atoms with E-state index >= 15 is 0 Å². The molecule has 2 heterocycles. The van der Waals surface area contributed by atoms with E-state index in [1.165, 1.54) is 0 Å². The number of esters is 2. The van der Waals surface area contributed by atoms with Crippen molar-refractivity contribution in [3.05, 3.63) is 12.2 Å². The molecule has 2 saturated heterocycles. The van der Waals surface area contributed by atoms with Gasteiger partial charge < -0.3 is 14.2 Å². The summed E-state index contributed by atoms with van der Waals surface area (Å²) < 4.78 is 17.7. The largest absolute Gasteiger partial charge is 0.459 e. The van der Waals surface area contributed by atoms with Crippen molar-refractivity contribution in [1.82, 2.24) is 0 Å². The van der Waals surface area contributed by atoms with E-state index < -0.39 is 0 Å². The molecule has 7 atom stereocenters. The van der Waals surface area contributed by atoms with Gasteiger partial charge in [-0.15, -0.1) is 0 Å². The number of hydrogen-bond acceptors (Lipinski definition) is 5. The van der Waals surface area contributed by atoms with Gasteiger partial charge in [0.25, 0.3) is 0 Å². The normalized spacial score (nSPS) is 42.5. The second-order valence-electron chi connectivity index (χ2n) is 9.68. The number of epoxide rings is 1. The lowest BCUT2D eigenvalue weighted by Crippen LogP contribution is -2.56. The Morgan fingerprint density at radius 3 is 2.79 bits per heavy atom. The molecule has 4 aliphatic rings. The van der Waals surface area contributed by atoms with Crippen molar-refractivity contribution in [2.45, 2.75) is 89.9 Å². The first kappa shape index (κ1) is 19.9. The van der Waals surface area contributed by atoms with Gasteiger partial charge in [0.1, 0.15) is 17.8 Å². The molecule has 156 valence electrons. The van der Waals surface area contributed by atoms with Crippen LogP contribution in [0.5, 0.6) is 0 Å². The third-order valence-electron chi connectivity index (χ3n) is 8.00. The number of ether oxygens (including phenoxy) is 3. The smallest absolute Gasteiger partial charge is 0.334 e. The molecule has 0 aromatic rings. The summed E-state index contributed by atoms with van der Waals surface area (Å²) in [5.74, 6) is 0.0360. The van der Waals surface area contributed by atoms with E-state index in [0.29, 0.717) is 12.2 Å². The highest BCUT2D eigenvalue weighted by Crippen LogP contribution is 2.63. The molecule has 2 saturated carbocycles. The van der Waals surface area contributed by atoms with E-state index in [0.717, 1.165) is 51.4 Å². The fourth-order valence-electron chi connectivity index (χ4n) is 6.09. The van der Waals surface area contributed by atoms with Crippen LogP contribution in [0.15, 0.2) is 12.2 Å². The highest BCUT2D eigenvalue weighted by molar-refractivity contribution is 5.90. The Bertz CT molecular complexity index is 666. The number of carbonyl (C=O) groups is 2. The van der Waals surface area contributed by atoms with Crippen LogP contribution in [0.3, 0.4) is 0 Å². The third-order valence-corrected chi connectivity index (χ3v) is 8.00. The number of rotatable bonds is 6. The van der Waals surface area contributed by atoms with Gasteiger partial charge in [0, 0.05) is 17.4 Å². The molecule has 0 bridgehead atoms. The Kier molecular flexibility index (Phi) is 5.09. The third kappa shape index (κ3) is 3.10. The monoisotopic (exact) mass is 390 g/mol. The summed E-state index contributed by atoms with van der Waals surface area (Å²) in [5.41, 5.74) is 0.285. The van der Waals surface area contributed by atoms with Crippen LogP contribution in [0.4, 0.5) is 0 Å². The quantitative estimate of drug-likeness (QED) is 0.386. The van der Waals surface area contributed by atoms with Crippen LogP contribution in [-0.2, 0) is 23.8 Å². The molecule has 4 fully saturated rings. The van der Waals surface area contributed by atoms with Crippen LogP contribution in [0.2, 0.25) is 0 Å². The fourth-order valence-corrected chi connectivity index (χ4v) is 6.09. The predicted molar refractivity (Wildman–Crippen MR) is 104 cm³/mol. The Balaban J connectivity index is 1.49. The Labute approximate surface area is 168 Å². The van der Waals surface area contributed by atoms with E-state index in [1.807, 2.05) is 0 Å². The molecule has 0 amide bonds. The van der Waals surface area contributed by atoms with Crippen molar-refractivity contribution >= 4 is 11.9 Å². The summed E-state index contributed by atoms with van der Waals surface area (Å²) in [6.07, 6.45) is 7.15. The Hall–Kier alpha value is -1.36. The van der Waals surface area contributed by atoms with E-state index in [1.54, 1.807) is 0 Å². The summed E-state index contributed by atoms with van der Waals surface area (Å²) >= 11 is 0. The first-order chi connectivity index (χ1) is 13.3. The molecule has 0 aromatic heterocycles. The minimum absolute atomic E-state index is 0.0135. The zero-order valence-electron chi connectivity index (χ0n) is 17.5. The summed E-state index contributed by atoms with van der Waals surface area (Å²) in [6, 6.07) is 0. The van der Waals surface area contributed by atoms with Crippen molar-refractivity contribution in [3.63, 3.8) is 0 Å². The summed E-state index contributed by atoms with van der Waals surface area (Å²) in [5, 5.41) is 0. The average molecular weight is 391 g/mol. The van der Waals surface area contributed by atoms with Gasteiger partial charge in [0.2, 0.25) is 0 Å². The predicted octanol–water partition coefficient (Wildman–Crippen LogP) is 4.19. The van der Waals surface area contributed by atoms with Crippen molar-refractivity contribution < 1.29 is 23.8 Å². The lowest BCUT2D eigenvalue weighted by molar-refractivity contribution is -0.174. The number of fused-ring (bicyclic) bond motifs is 3. The first-order valence-corrected chi connectivity index (χ1v) is 11.1. The molecular weight excluding hydrogens is 356 g/mol. The second kappa shape index (κ2) is 7.16. The van der Waals surface area contributed by atoms with Crippen LogP contribution in [0, 0.1) is 23.2 Å². The van der Waals surface area contributed by atoms with Crippen LogP contribution < -0.4 is 0 Å². The number of unbranched alkanes of at least 4 members (excludes halogenated alkanes) is 1. The molecule has 0 N–H and O–H groups in total. The van der Waals surface area contributed by atoms with Crippen molar-refractivity contribution in [3.8, 4) is 0 Å². The highest BCUT2D eigenvalue weighted by Gasteiger charge is 2.69. The molecule has 0 aromatic carbocycles. The van der Waals surface area contributed by atoms with Crippen LogP contribution in [-0.4, -0.2) is 36.4 Å². The maximum atomic E-state index is 12.8. The van der Waals surface area contributed by atoms with Gasteiger partial charge in [0.15, 0.2) is 0 Å². The Morgan fingerprint density at radius 2 is 2.14 bits per heavy atom. The highest BCUT2D eigenvalue weighted by atomic mass is 16.6. The van der Waals surface area contributed by atoms with Gasteiger partial charge in [-0.1, -0.05) is 40.2 Å². The number of hydrogen-bond donors (Lipinski definition) is 0. The molecule has 5 nitrogen and oxygen atoms in total. The van der Waals surface area contributed by atoms with E-state index in [2.05, 4.69) is 27.4 Å². The van der Waals surface area contributed by atoms with Crippen molar-refractivity contribution in [2.24, 2.45) is 23.2 Å². The number of carbonyl (C=O) groups excluding carboxylic acids is 2. The minimum atomic E-state index is -0.372. The maximum Gasteiger partial charge on any atom is 0.334 e. The maximum absolute atomic E-state index is 12.8. The van der Waals surface area contributed by atoms with Crippen molar-refractivity contribution in [2.75, 3.05) is 6.61 Å². The zero-order chi connectivity index (χ0) is 20.1. The molecule has 0 radical (unpaired) electrons. The van der Waals surface area contributed by atoms with Gasteiger partial charge in [-0.3, -0.25) is 4.79 Å². The second-order valence-corrected chi connectivity index (χ2v) is 9.68. The average Bonchev–Trinajstić information content (AvgIpc) is 3.40. The molecule has 5 heteroatoms. The standard InChI is InChI=1S/C23H34O5/c1-5-7-8-15(6-2)21(25)28-19-9-10-22(4)12-17-16(14(3)20(24)27-17)11-18(22)23(19)13-26-23/h15-19H,3,5-13H2,1-2,4H3/t15?,16-,17-,18-,19-,22-,23+/m1/s1.